The summed E-state index contributed by atoms with van der Waals surface area (Å²) in [6.45, 7) is 5.25. The molecule has 79 valence electrons. The third-order valence-corrected chi connectivity index (χ3v) is 2.44. The zero-order valence-electron chi connectivity index (χ0n) is 8.96. The minimum Gasteiger partial charge on any atom is -0.250 e. The van der Waals surface area contributed by atoms with Gasteiger partial charge in [-0.3, -0.25) is 4.39 Å². The third-order valence-electron chi connectivity index (χ3n) is 2.44. The molecule has 1 rings (SSSR count). The van der Waals surface area contributed by atoms with Gasteiger partial charge >= 0.3 is 0 Å². The van der Waals surface area contributed by atoms with Gasteiger partial charge in [-0.25, -0.2) is 0 Å². The lowest BCUT2D eigenvalue weighted by atomic mass is 9.92. The van der Waals surface area contributed by atoms with Gasteiger partial charge in [-0.1, -0.05) is 31.5 Å². The number of nitrogens with zero attached hydrogens (tertiary/aromatic N) is 1. The summed E-state index contributed by atoms with van der Waals surface area (Å²) < 4.78 is 12.5. The molecule has 1 aromatic rings. The molecule has 0 spiro atoms. The molecular weight excluding hydrogens is 189 g/mol. The summed E-state index contributed by atoms with van der Waals surface area (Å²) >= 11 is 0. The van der Waals surface area contributed by atoms with Crippen LogP contribution in [0.15, 0.2) is 18.2 Å². The molecule has 2 heteroatoms. The van der Waals surface area contributed by atoms with Crippen LogP contribution in [0.2, 0.25) is 0 Å². The highest BCUT2D eigenvalue weighted by atomic mass is 19.1. The number of halogens is 1. The predicted octanol–water partition coefficient (Wildman–Crippen LogP) is 3.40. The maximum absolute atomic E-state index is 12.5. The Morgan fingerprint density at radius 1 is 1.53 bits per heavy atom. The van der Waals surface area contributed by atoms with Crippen molar-refractivity contribution in [2.45, 2.75) is 25.7 Å². The highest BCUT2D eigenvalue weighted by Gasteiger charge is 2.13. The fraction of sp³-hybridized carbons (Fsp3) is 0.385. The molecule has 0 heterocycles. The molecule has 0 N–H and O–H groups in total. The summed E-state index contributed by atoms with van der Waals surface area (Å²) in [5, 5.41) is 9.07. The molecule has 0 aliphatic carbocycles. The average Bonchev–Trinajstić information content (AvgIpc) is 2.28. The zero-order valence-corrected chi connectivity index (χ0v) is 8.96. The van der Waals surface area contributed by atoms with E-state index < -0.39 is 12.6 Å². The standard InChI is InChI=1S/C13H15FN/c1-3-5-11-6-4-7-12(10(2)8-14)13(11)9-15/h4,6-7,10H,2-3,5,8H2,1H3. The van der Waals surface area contributed by atoms with Crippen LogP contribution in [0, 0.1) is 18.3 Å². The van der Waals surface area contributed by atoms with Crippen molar-refractivity contribution in [3.8, 4) is 6.07 Å². The summed E-state index contributed by atoms with van der Waals surface area (Å²) in [5.41, 5.74) is 2.34. The summed E-state index contributed by atoms with van der Waals surface area (Å²) in [6, 6.07) is 7.74. The molecule has 0 aliphatic rings. The fourth-order valence-electron chi connectivity index (χ4n) is 1.66. The van der Waals surface area contributed by atoms with Gasteiger partial charge in [-0.15, -0.1) is 0 Å². The van der Waals surface area contributed by atoms with Gasteiger partial charge in [0.1, 0.15) is 0 Å². The maximum atomic E-state index is 12.5. The predicted molar refractivity (Wildman–Crippen MR) is 59.2 cm³/mol. The summed E-state index contributed by atoms with van der Waals surface area (Å²) in [4.78, 5) is 0. The van der Waals surface area contributed by atoms with Crippen LogP contribution < -0.4 is 0 Å². The van der Waals surface area contributed by atoms with Crippen molar-refractivity contribution >= 4 is 0 Å². The number of alkyl halides is 1. The van der Waals surface area contributed by atoms with Crippen molar-refractivity contribution in [1.29, 1.82) is 5.26 Å². The SMILES string of the molecule is [CH2]C(CF)c1cccc(CCC)c1C#N. The molecule has 1 nitrogen and oxygen atoms in total. The lowest BCUT2D eigenvalue weighted by Crippen LogP contribution is -2.02. The van der Waals surface area contributed by atoms with Gasteiger partial charge in [0.2, 0.25) is 0 Å². The minimum absolute atomic E-state index is 0.434. The van der Waals surface area contributed by atoms with E-state index in [9.17, 15) is 4.39 Å². The molecule has 15 heavy (non-hydrogen) atoms. The van der Waals surface area contributed by atoms with Crippen LogP contribution in [0.1, 0.15) is 36.0 Å². The van der Waals surface area contributed by atoms with Gasteiger partial charge in [-0.05, 0) is 24.5 Å². The Hall–Kier alpha value is -1.36. The van der Waals surface area contributed by atoms with Gasteiger partial charge in [0.25, 0.3) is 0 Å². The van der Waals surface area contributed by atoms with Crippen LogP contribution in [-0.2, 0) is 6.42 Å². The van der Waals surface area contributed by atoms with Crippen LogP contribution in [0.5, 0.6) is 0 Å². The molecule has 0 aliphatic heterocycles. The van der Waals surface area contributed by atoms with Crippen molar-refractivity contribution in [3.63, 3.8) is 0 Å². The van der Waals surface area contributed by atoms with E-state index in [4.69, 9.17) is 5.26 Å². The molecule has 1 aromatic carbocycles. The zero-order chi connectivity index (χ0) is 11.3. The summed E-state index contributed by atoms with van der Waals surface area (Å²) in [7, 11) is 0. The minimum atomic E-state index is -0.524. The second-order valence-electron chi connectivity index (χ2n) is 3.59. The number of nitriles is 1. The number of hydrogen-bond acceptors (Lipinski definition) is 1. The van der Waals surface area contributed by atoms with Gasteiger partial charge in [-0.2, -0.15) is 5.26 Å². The lowest BCUT2D eigenvalue weighted by molar-refractivity contribution is 0.465. The molecule has 0 bridgehead atoms. The first kappa shape index (κ1) is 11.7. The van der Waals surface area contributed by atoms with Crippen LogP contribution in [0.3, 0.4) is 0 Å². The van der Waals surface area contributed by atoms with E-state index in [0.717, 1.165) is 24.0 Å². The largest absolute Gasteiger partial charge is 0.250 e. The number of hydrogen-bond donors (Lipinski definition) is 0. The van der Waals surface area contributed by atoms with E-state index in [0.29, 0.717) is 5.56 Å². The molecule has 0 amide bonds. The average molecular weight is 204 g/mol. The molecule has 0 aromatic heterocycles. The van der Waals surface area contributed by atoms with Gasteiger partial charge < -0.3 is 0 Å². The second kappa shape index (κ2) is 5.50. The fourth-order valence-corrected chi connectivity index (χ4v) is 1.66. The van der Waals surface area contributed by atoms with E-state index in [2.05, 4.69) is 19.9 Å². The Morgan fingerprint density at radius 2 is 2.27 bits per heavy atom. The Morgan fingerprint density at radius 3 is 2.80 bits per heavy atom. The molecule has 0 fully saturated rings. The first-order chi connectivity index (χ1) is 7.24. The van der Waals surface area contributed by atoms with Crippen molar-refractivity contribution in [3.05, 3.63) is 41.8 Å². The summed E-state index contributed by atoms with van der Waals surface area (Å²) in [6.07, 6.45) is 1.84. The smallest absolute Gasteiger partial charge is 0.0997 e. The second-order valence-corrected chi connectivity index (χ2v) is 3.59. The third kappa shape index (κ3) is 2.56. The Labute approximate surface area is 90.5 Å². The van der Waals surface area contributed by atoms with Gasteiger partial charge in [0.05, 0.1) is 18.3 Å². The maximum Gasteiger partial charge on any atom is 0.0997 e. The molecule has 1 atom stereocenters. The molecule has 0 saturated carbocycles. The number of aryl methyl sites for hydroxylation is 1. The Bertz CT molecular complexity index is 365. The van der Waals surface area contributed by atoms with Crippen molar-refractivity contribution in [2.24, 2.45) is 0 Å². The highest BCUT2D eigenvalue weighted by Crippen LogP contribution is 2.23. The van der Waals surface area contributed by atoms with E-state index in [1.54, 1.807) is 6.07 Å². The van der Waals surface area contributed by atoms with Crippen LogP contribution >= 0.6 is 0 Å². The first-order valence-corrected chi connectivity index (χ1v) is 5.15. The van der Waals surface area contributed by atoms with Crippen LogP contribution in [0.25, 0.3) is 0 Å². The number of rotatable bonds is 4. The lowest BCUT2D eigenvalue weighted by Gasteiger charge is -2.12. The quantitative estimate of drug-likeness (QED) is 0.737. The van der Waals surface area contributed by atoms with Crippen LogP contribution in [-0.4, -0.2) is 6.67 Å². The molecule has 1 radical (unpaired) electrons. The number of benzene rings is 1. The molecule has 1 unspecified atom stereocenters. The van der Waals surface area contributed by atoms with Crippen molar-refractivity contribution < 1.29 is 4.39 Å². The monoisotopic (exact) mass is 204 g/mol. The van der Waals surface area contributed by atoms with E-state index >= 15 is 0 Å². The van der Waals surface area contributed by atoms with E-state index in [1.165, 1.54) is 0 Å². The normalized spacial score (nSPS) is 12.1. The molecule has 0 saturated heterocycles. The van der Waals surface area contributed by atoms with Crippen LogP contribution in [0.4, 0.5) is 4.39 Å². The van der Waals surface area contributed by atoms with Gasteiger partial charge in [0.15, 0.2) is 0 Å². The molecular formula is C13H15FN. The van der Waals surface area contributed by atoms with Gasteiger partial charge in [0, 0.05) is 5.92 Å². The summed E-state index contributed by atoms with van der Waals surface area (Å²) in [5.74, 6) is -0.434. The first-order valence-electron chi connectivity index (χ1n) is 5.15. The Kier molecular flexibility index (Phi) is 4.30. The highest BCUT2D eigenvalue weighted by molar-refractivity contribution is 5.46. The topological polar surface area (TPSA) is 23.8 Å². The van der Waals surface area contributed by atoms with E-state index in [-0.39, 0.29) is 0 Å². The van der Waals surface area contributed by atoms with Crippen molar-refractivity contribution in [2.75, 3.05) is 6.67 Å². The van der Waals surface area contributed by atoms with Crippen molar-refractivity contribution in [1.82, 2.24) is 0 Å². The Balaban J connectivity index is 3.17. The van der Waals surface area contributed by atoms with E-state index in [1.807, 2.05) is 12.1 Å².